The molecule has 4 rings (SSSR count). The number of sulfonamides is 1. The van der Waals surface area contributed by atoms with E-state index >= 15 is 0 Å². The van der Waals surface area contributed by atoms with E-state index in [1.165, 1.54) is 11.6 Å². The predicted octanol–water partition coefficient (Wildman–Crippen LogP) is 3.36. The number of carbonyl (C=O) groups is 2. The lowest BCUT2D eigenvalue weighted by Gasteiger charge is -2.35. The Kier molecular flexibility index (Phi) is 9.07. The molecule has 0 saturated carbocycles. The molecule has 2 amide bonds. The van der Waals surface area contributed by atoms with Gasteiger partial charge in [0.05, 0.1) is 11.7 Å². The number of piperidine rings is 1. The molecule has 0 bridgehead atoms. The number of carbonyl (C=O) groups excluding carboxylic acids is 2. The van der Waals surface area contributed by atoms with Gasteiger partial charge in [0.2, 0.25) is 21.8 Å². The highest BCUT2D eigenvalue weighted by Crippen LogP contribution is 2.33. The van der Waals surface area contributed by atoms with Gasteiger partial charge >= 0.3 is 0 Å². The fourth-order valence-corrected chi connectivity index (χ4v) is 6.89. The number of primary amides is 1. The van der Waals surface area contributed by atoms with Gasteiger partial charge in [0.15, 0.2) is 0 Å². The molecule has 5 N–H and O–H groups in total. The van der Waals surface area contributed by atoms with Crippen LogP contribution in [-0.4, -0.2) is 52.0 Å². The van der Waals surface area contributed by atoms with Gasteiger partial charge in [0, 0.05) is 23.1 Å². The standard InChI is InChI=1S/C28H39N5O4S.3H2/c1-19(2)26(27(29)34)32-38(36,37)25-18-22(31-28(35)23-9-6-14-30-23)10-11-24(25)33-15-12-21(13-16-33)17-20-7-4-3-5-8-20;;;/h3-5,7-8,10-11,18-19,21,23,26,30,32H,6,9,12-17H2,1-2H3,(H2,29,34)(H,31,35);3*1H. The monoisotopic (exact) mass is 547 g/mol. The maximum absolute atomic E-state index is 13.6. The van der Waals surface area contributed by atoms with Gasteiger partial charge in [-0.3, -0.25) is 9.59 Å². The zero-order chi connectivity index (χ0) is 27.3. The first kappa shape index (κ1) is 28.1. The van der Waals surface area contributed by atoms with Crippen molar-refractivity contribution >= 4 is 33.2 Å². The molecule has 2 aromatic carbocycles. The molecule has 0 spiro atoms. The van der Waals surface area contributed by atoms with Crippen LogP contribution in [0.3, 0.4) is 0 Å². The average Bonchev–Trinajstić information content (AvgIpc) is 3.44. The summed E-state index contributed by atoms with van der Waals surface area (Å²) in [5.41, 5.74) is 7.77. The summed E-state index contributed by atoms with van der Waals surface area (Å²) in [7, 11) is -4.13. The summed E-state index contributed by atoms with van der Waals surface area (Å²) in [4.78, 5) is 26.8. The zero-order valence-electron chi connectivity index (χ0n) is 22.2. The normalized spacial score (nSPS) is 19.4. The highest BCUT2D eigenvalue weighted by molar-refractivity contribution is 7.89. The van der Waals surface area contributed by atoms with Crippen LogP contribution in [0.25, 0.3) is 0 Å². The molecule has 9 nitrogen and oxygen atoms in total. The molecule has 2 unspecified atom stereocenters. The summed E-state index contributed by atoms with van der Waals surface area (Å²) < 4.78 is 29.8. The number of anilines is 2. The SMILES string of the molecule is CC(C)C(NS(=O)(=O)c1cc(NC(=O)C2CCCN2)ccc1N1CCC(Cc2ccccc2)CC1)C(N)=O.[HH].[HH].[HH]. The third-order valence-electron chi connectivity index (χ3n) is 7.47. The third-order valence-corrected chi connectivity index (χ3v) is 8.94. The molecule has 2 fully saturated rings. The molecule has 2 aliphatic heterocycles. The van der Waals surface area contributed by atoms with Crippen molar-refractivity contribution in [3.05, 3.63) is 54.1 Å². The Morgan fingerprint density at radius 2 is 1.82 bits per heavy atom. The highest BCUT2D eigenvalue weighted by Gasteiger charge is 2.31. The second-order valence-corrected chi connectivity index (χ2v) is 12.4. The molecule has 0 aliphatic carbocycles. The second kappa shape index (κ2) is 12.3. The maximum Gasteiger partial charge on any atom is 0.243 e. The molecule has 2 atom stereocenters. The van der Waals surface area contributed by atoms with Crippen LogP contribution in [0.1, 0.15) is 49.4 Å². The van der Waals surface area contributed by atoms with Crippen LogP contribution in [-0.2, 0) is 26.0 Å². The van der Waals surface area contributed by atoms with Gasteiger partial charge < -0.3 is 21.3 Å². The van der Waals surface area contributed by atoms with Crippen LogP contribution in [0.5, 0.6) is 0 Å². The van der Waals surface area contributed by atoms with Crippen molar-refractivity contribution < 1.29 is 22.3 Å². The van der Waals surface area contributed by atoms with E-state index < -0.39 is 22.0 Å². The summed E-state index contributed by atoms with van der Waals surface area (Å²) in [6.07, 6.45) is 4.52. The van der Waals surface area contributed by atoms with Gasteiger partial charge in [-0.25, -0.2) is 8.42 Å². The van der Waals surface area contributed by atoms with Crippen molar-refractivity contribution in [3.8, 4) is 0 Å². The maximum atomic E-state index is 13.6. The Bertz CT molecular complexity index is 1240. The fraction of sp³-hybridized carbons (Fsp3) is 0.500. The van der Waals surface area contributed by atoms with E-state index in [4.69, 9.17) is 5.73 Å². The molecule has 0 radical (unpaired) electrons. The van der Waals surface area contributed by atoms with Gasteiger partial charge in [0.1, 0.15) is 10.9 Å². The quantitative estimate of drug-likeness (QED) is 0.360. The molecular formula is C28H45N5O4S. The lowest BCUT2D eigenvalue weighted by atomic mass is 9.90. The molecule has 2 heterocycles. The number of nitrogens with two attached hydrogens (primary N) is 1. The number of nitrogens with one attached hydrogen (secondary N) is 3. The number of nitrogens with zero attached hydrogens (tertiary/aromatic N) is 1. The molecule has 38 heavy (non-hydrogen) atoms. The molecule has 2 aliphatic rings. The Hall–Kier alpha value is -2.95. The minimum Gasteiger partial charge on any atom is -0.370 e. The number of benzene rings is 2. The fourth-order valence-electron chi connectivity index (χ4n) is 5.28. The molecule has 0 aromatic heterocycles. The lowest BCUT2D eigenvalue weighted by molar-refractivity contribution is -0.120. The summed E-state index contributed by atoms with van der Waals surface area (Å²) in [5, 5.41) is 6.01. The predicted molar refractivity (Wildman–Crippen MR) is 156 cm³/mol. The van der Waals surface area contributed by atoms with Crippen molar-refractivity contribution in [2.45, 2.75) is 62.9 Å². The molecule has 212 valence electrons. The van der Waals surface area contributed by atoms with Crippen LogP contribution in [0, 0.1) is 11.8 Å². The number of hydrogen-bond acceptors (Lipinski definition) is 6. The number of rotatable bonds is 10. The number of amides is 2. The Morgan fingerprint density at radius 1 is 1.11 bits per heavy atom. The van der Waals surface area contributed by atoms with Gasteiger partial charge in [-0.1, -0.05) is 44.2 Å². The van der Waals surface area contributed by atoms with Gasteiger partial charge in [-0.15, -0.1) is 0 Å². The van der Waals surface area contributed by atoms with Crippen molar-refractivity contribution in [3.63, 3.8) is 0 Å². The van der Waals surface area contributed by atoms with E-state index in [0.29, 0.717) is 30.4 Å². The topological polar surface area (TPSA) is 134 Å². The Labute approximate surface area is 230 Å². The molecule has 2 aromatic rings. The Balaban J connectivity index is 0.00000280. The van der Waals surface area contributed by atoms with E-state index in [0.717, 1.165) is 38.6 Å². The van der Waals surface area contributed by atoms with Crippen LogP contribution < -0.4 is 26.0 Å². The Morgan fingerprint density at radius 3 is 2.42 bits per heavy atom. The number of hydrogen-bond donors (Lipinski definition) is 4. The van der Waals surface area contributed by atoms with E-state index in [9.17, 15) is 18.0 Å². The summed E-state index contributed by atoms with van der Waals surface area (Å²) in [5.74, 6) is -0.727. The van der Waals surface area contributed by atoms with Crippen molar-refractivity contribution in [1.82, 2.24) is 10.0 Å². The first-order chi connectivity index (χ1) is 18.1. The summed E-state index contributed by atoms with van der Waals surface area (Å²) >= 11 is 0. The van der Waals surface area contributed by atoms with E-state index in [-0.39, 0.29) is 27.0 Å². The first-order valence-corrected chi connectivity index (χ1v) is 14.9. The van der Waals surface area contributed by atoms with E-state index in [1.54, 1.807) is 26.0 Å². The van der Waals surface area contributed by atoms with Gasteiger partial charge in [-0.05, 0) is 74.2 Å². The van der Waals surface area contributed by atoms with Crippen LogP contribution in [0.4, 0.5) is 11.4 Å². The lowest BCUT2D eigenvalue weighted by Crippen LogP contribution is -2.48. The van der Waals surface area contributed by atoms with Gasteiger partial charge in [0.25, 0.3) is 0 Å². The van der Waals surface area contributed by atoms with Crippen molar-refractivity contribution in [2.75, 3.05) is 29.9 Å². The second-order valence-electron chi connectivity index (χ2n) is 10.7. The van der Waals surface area contributed by atoms with Gasteiger partial charge in [-0.2, -0.15) is 4.72 Å². The molecule has 2 saturated heterocycles. The average molecular weight is 548 g/mol. The van der Waals surface area contributed by atoms with Crippen LogP contribution in [0.2, 0.25) is 0 Å². The largest absolute Gasteiger partial charge is 0.370 e. The minimum absolute atomic E-state index is 0. The first-order valence-electron chi connectivity index (χ1n) is 13.4. The summed E-state index contributed by atoms with van der Waals surface area (Å²) in [6, 6.07) is 14.0. The minimum atomic E-state index is -4.13. The highest BCUT2D eigenvalue weighted by atomic mass is 32.2. The third kappa shape index (κ3) is 6.92. The zero-order valence-corrected chi connectivity index (χ0v) is 23.0. The van der Waals surface area contributed by atoms with Crippen molar-refractivity contribution in [1.29, 1.82) is 0 Å². The smallest absolute Gasteiger partial charge is 0.243 e. The van der Waals surface area contributed by atoms with Crippen LogP contribution >= 0.6 is 0 Å². The molecule has 10 heteroatoms. The molecular weight excluding hydrogens is 502 g/mol. The van der Waals surface area contributed by atoms with E-state index in [2.05, 4.69) is 32.4 Å². The van der Waals surface area contributed by atoms with Crippen LogP contribution in [0.15, 0.2) is 53.4 Å². The van der Waals surface area contributed by atoms with E-state index in [1.807, 2.05) is 18.2 Å². The summed E-state index contributed by atoms with van der Waals surface area (Å²) in [6.45, 7) is 5.68. The van der Waals surface area contributed by atoms with Crippen molar-refractivity contribution in [2.24, 2.45) is 17.6 Å².